The fraction of sp³-hybridized carbons (Fsp3) is 0.115. The molecule has 1 aliphatic heterocycles. The zero-order valence-electron chi connectivity index (χ0n) is 18.5. The minimum absolute atomic E-state index is 0.192. The van der Waals surface area contributed by atoms with Crippen LogP contribution in [0.5, 0.6) is 11.5 Å². The first-order valence-electron chi connectivity index (χ1n) is 10.6. The number of hydrogen-bond acceptors (Lipinski definition) is 6. The summed E-state index contributed by atoms with van der Waals surface area (Å²) in [6.45, 7) is 2.34. The zero-order valence-corrected chi connectivity index (χ0v) is 21.7. The van der Waals surface area contributed by atoms with Gasteiger partial charge < -0.3 is 9.47 Å². The van der Waals surface area contributed by atoms with E-state index >= 15 is 0 Å². The molecule has 0 saturated carbocycles. The van der Waals surface area contributed by atoms with Gasteiger partial charge in [-0.15, -0.1) is 0 Å². The van der Waals surface area contributed by atoms with Gasteiger partial charge in [-0.2, -0.15) is 0 Å². The number of ether oxygens (including phenoxy) is 2. The SMILES string of the molecule is CCOc1cc(/C=C2\SC(=O)N(Cc3ccc(Br)cc3)C2=O)ccc1OC(=O)c1cccc(Cl)c1. The fourth-order valence-electron chi connectivity index (χ4n) is 3.30. The molecular formula is C26H19BrClNO5S. The van der Waals surface area contributed by atoms with E-state index < -0.39 is 5.97 Å². The minimum atomic E-state index is -0.574. The van der Waals surface area contributed by atoms with Gasteiger partial charge in [0, 0.05) is 9.50 Å². The van der Waals surface area contributed by atoms with Crippen molar-refractivity contribution in [2.45, 2.75) is 13.5 Å². The Morgan fingerprint density at radius 1 is 1.06 bits per heavy atom. The molecule has 2 amide bonds. The molecule has 9 heteroatoms. The highest BCUT2D eigenvalue weighted by atomic mass is 79.9. The number of carbonyl (C=O) groups is 3. The van der Waals surface area contributed by atoms with E-state index in [0.29, 0.717) is 33.4 Å². The van der Waals surface area contributed by atoms with Gasteiger partial charge >= 0.3 is 5.97 Å². The van der Waals surface area contributed by atoms with Crippen molar-refractivity contribution in [1.82, 2.24) is 4.90 Å². The number of amides is 2. The fourth-order valence-corrected chi connectivity index (χ4v) is 4.59. The molecule has 4 rings (SSSR count). The standard InChI is InChI=1S/C26H19BrClNO5S/c1-2-33-22-12-17(8-11-21(22)34-25(31)18-4-3-5-20(28)14-18)13-23-24(30)29(26(32)35-23)15-16-6-9-19(27)10-7-16/h3-14H,2,15H2,1H3/b23-13-. The molecule has 1 heterocycles. The van der Waals surface area contributed by atoms with Crippen molar-refractivity contribution in [3.63, 3.8) is 0 Å². The molecule has 0 unspecified atom stereocenters. The number of hydrogen-bond donors (Lipinski definition) is 0. The van der Waals surface area contributed by atoms with E-state index in [1.807, 2.05) is 31.2 Å². The Morgan fingerprint density at radius 3 is 2.54 bits per heavy atom. The second-order valence-corrected chi connectivity index (χ2v) is 9.78. The topological polar surface area (TPSA) is 72.9 Å². The Labute approximate surface area is 220 Å². The number of halogens is 2. The summed E-state index contributed by atoms with van der Waals surface area (Å²) in [5, 5.41) is 0.0928. The molecule has 0 spiro atoms. The van der Waals surface area contributed by atoms with Gasteiger partial charge in [0.15, 0.2) is 11.5 Å². The van der Waals surface area contributed by atoms with Gasteiger partial charge in [-0.1, -0.05) is 51.8 Å². The van der Waals surface area contributed by atoms with E-state index in [0.717, 1.165) is 21.8 Å². The van der Waals surface area contributed by atoms with Gasteiger partial charge in [-0.3, -0.25) is 14.5 Å². The lowest BCUT2D eigenvalue weighted by Crippen LogP contribution is -2.27. The molecule has 3 aromatic carbocycles. The van der Waals surface area contributed by atoms with Crippen LogP contribution in [0.25, 0.3) is 6.08 Å². The maximum absolute atomic E-state index is 12.9. The molecule has 0 aliphatic carbocycles. The third-order valence-corrected chi connectivity index (χ3v) is 6.63. The normalized spacial score (nSPS) is 14.5. The van der Waals surface area contributed by atoms with Crippen LogP contribution in [0.4, 0.5) is 4.79 Å². The molecule has 1 fully saturated rings. The van der Waals surface area contributed by atoms with Crippen molar-refractivity contribution in [3.05, 3.63) is 97.8 Å². The summed E-state index contributed by atoms with van der Waals surface area (Å²) in [5.41, 5.74) is 1.79. The molecule has 0 bridgehead atoms. The Bertz CT molecular complexity index is 1330. The van der Waals surface area contributed by atoms with Crippen LogP contribution in [0.1, 0.15) is 28.4 Å². The van der Waals surface area contributed by atoms with Crippen molar-refractivity contribution in [2.24, 2.45) is 0 Å². The second-order valence-electron chi connectivity index (χ2n) is 7.43. The van der Waals surface area contributed by atoms with Crippen molar-refractivity contribution in [1.29, 1.82) is 0 Å². The van der Waals surface area contributed by atoms with E-state index in [2.05, 4.69) is 15.9 Å². The van der Waals surface area contributed by atoms with E-state index in [1.54, 1.807) is 42.5 Å². The van der Waals surface area contributed by atoms with E-state index in [9.17, 15) is 14.4 Å². The highest BCUT2D eigenvalue weighted by Gasteiger charge is 2.35. The molecule has 1 saturated heterocycles. The van der Waals surface area contributed by atoms with E-state index in [1.165, 1.54) is 11.0 Å². The Hall–Kier alpha value is -3.07. The number of benzene rings is 3. The van der Waals surface area contributed by atoms with Gasteiger partial charge in [0.25, 0.3) is 11.1 Å². The maximum atomic E-state index is 12.9. The maximum Gasteiger partial charge on any atom is 0.343 e. The molecular weight excluding hydrogens is 554 g/mol. The lowest BCUT2D eigenvalue weighted by molar-refractivity contribution is -0.123. The van der Waals surface area contributed by atoms with Crippen LogP contribution in [-0.2, 0) is 11.3 Å². The van der Waals surface area contributed by atoms with Crippen LogP contribution in [0.3, 0.4) is 0 Å². The first kappa shape index (κ1) is 25.0. The number of imide groups is 1. The van der Waals surface area contributed by atoms with Crippen molar-refractivity contribution >= 4 is 62.5 Å². The molecule has 3 aromatic rings. The average Bonchev–Trinajstić information content (AvgIpc) is 3.09. The number of esters is 1. The van der Waals surface area contributed by atoms with E-state index in [4.69, 9.17) is 21.1 Å². The smallest absolute Gasteiger partial charge is 0.343 e. The average molecular weight is 573 g/mol. The summed E-state index contributed by atoms with van der Waals surface area (Å²) in [7, 11) is 0. The van der Waals surface area contributed by atoms with Gasteiger partial charge in [0.05, 0.1) is 23.6 Å². The lowest BCUT2D eigenvalue weighted by atomic mass is 10.1. The van der Waals surface area contributed by atoms with Crippen LogP contribution < -0.4 is 9.47 Å². The molecule has 0 atom stereocenters. The Balaban J connectivity index is 1.53. The Kier molecular flexibility index (Phi) is 7.95. The molecule has 0 N–H and O–H groups in total. The number of thioether (sulfide) groups is 1. The lowest BCUT2D eigenvalue weighted by Gasteiger charge is -2.13. The first-order valence-corrected chi connectivity index (χ1v) is 12.6. The second kappa shape index (κ2) is 11.1. The molecule has 178 valence electrons. The highest BCUT2D eigenvalue weighted by molar-refractivity contribution is 9.10. The zero-order chi connectivity index (χ0) is 24.9. The molecule has 6 nitrogen and oxygen atoms in total. The van der Waals surface area contributed by atoms with Crippen molar-refractivity contribution in [3.8, 4) is 11.5 Å². The monoisotopic (exact) mass is 571 g/mol. The first-order chi connectivity index (χ1) is 16.8. The highest BCUT2D eigenvalue weighted by Crippen LogP contribution is 2.35. The summed E-state index contributed by atoms with van der Waals surface area (Å²) in [6.07, 6.45) is 1.62. The largest absolute Gasteiger partial charge is 0.490 e. The van der Waals surface area contributed by atoms with E-state index in [-0.39, 0.29) is 23.4 Å². The van der Waals surface area contributed by atoms with Crippen LogP contribution >= 0.6 is 39.3 Å². The summed E-state index contributed by atoms with van der Waals surface area (Å²) in [5.74, 6) is -0.365. The van der Waals surface area contributed by atoms with Gasteiger partial charge in [-0.05, 0) is 78.4 Å². The van der Waals surface area contributed by atoms with Crippen molar-refractivity contribution < 1.29 is 23.9 Å². The summed E-state index contributed by atoms with van der Waals surface area (Å²) < 4.78 is 12.1. The summed E-state index contributed by atoms with van der Waals surface area (Å²) in [4.78, 5) is 39.4. The van der Waals surface area contributed by atoms with Gasteiger partial charge in [0.2, 0.25) is 0 Å². The number of nitrogens with zero attached hydrogens (tertiary/aromatic N) is 1. The summed E-state index contributed by atoms with van der Waals surface area (Å²) >= 11 is 10.2. The quantitative estimate of drug-likeness (QED) is 0.173. The third-order valence-electron chi connectivity index (χ3n) is 4.96. The summed E-state index contributed by atoms with van der Waals surface area (Å²) in [6, 6.07) is 18.8. The van der Waals surface area contributed by atoms with Gasteiger partial charge in [0.1, 0.15) is 0 Å². The number of carbonyl (C=O) groups excluding carboxylic acids is 3. The Morgan fingerprint density at radius 2 is 1.83 bits per heavy atom. The predicted octanol–water partition coefficient (Wildman–Crippen LogP) is 6.96. The molecule has 35 heavy (non-hydrogen) atoms. The van der Waals surface area contributed by atoms with Gasteiger partial charge in [-0.25, -0.2) is 4.79 Å². The third kappa shape index (κ3) is 6.14. The molecule has 0 radical (unpaired) electrons. The predicted molar refractivity (Wildman–Crippen MR) is 140 cm³/mol. The minimum Gasteiger partial charge on any atom is -0.490 e. The molecule has 1 aliphatic rings. The number of rotatable bonds is 7. The van der Waals surface area contributed by atoms with Crippen LogP contribution in [0.15, 0.2) is 76.1 Å². The van der Waals surface area contributed by atoms with Crippen molar-refractivity contribution in [2.75, 3.05) is 6.61 Å². The van der Waals surface area contributed by atoms with Crippen LogP contribution in [0, 0.1) is 0 Å². The molecule has 0 aromatic heterocycles. The van der Waals surface area contributed by atoms with Crippen LogP contribution in [-0.4, -0.2) is 28.6 Å². The van der Waals surface area contributed by atoms with Crippen LogP contribution in [0.2, 0.25) is 5.02 Å².